The average molecular weight is 588 g/mol. The zero-order valence-corrected chi connectivity index (χ0v) is 23.9. The molecule has 0 spiro atoms. The number of thiophene rings is 1. The molecule has 0 aliphatic carbocycles. The van der Waals surface area contributed by atoms with Gasteiger partial charge in [0.2, 0.25) is 5.91 Å². The lowest BCUT2D eigenvalue weighted by Crippen LogP contribution is -2.71. The van der Waals surface area contributed by atoms with Crippen LogP contribution in [0.3, 0.4) is 0 Å². The molecule has 3 aromatic rings. The van der Waals surface area contributed by atoms with Crippen molar-refractivity contribution in [3.05, 3.63) is 105 Å². The number of hydrogen-bond donors (Lipinski definition) is 1. The van der Waals surface area contributed by atoms with Gasteiger partial charge in [-0.3, -0.25) is 19.3 Å². The molecule has 210 valence electrons. The SMILES string of the molecule is O=C(Cc1cccs1)NC1C(=O)N2C(C(=O)OC(c3ccccc3)c3ccccc3)=C(C(=O)N3CCCC3)CS[C@@H]12. The molecule has 2 fully saturated rings. The van der Waals surface area contributed by atoms with E-state index in [1.165, 1.54) is 28.0 Å². The molecule has 0 radical (unpaired) electrons. The molecule has 4 heterocycles. The summed E-state index contributed by atoms with van der Waals surface area (Å²) in [7, 11) is 0. The van der Waals surface area contributed by atoms with E-state index >= 15 is 0 Å². The van der Waals surface area contributed by atoms with E-state index in [1.807, 2.05) is 78.2 Å². The van der Waals surface area contributed by atoms with E-state index in [0.29, 0.717) is 13.1 Å². The number of fused-ring (bicyclic) bond motifs is 1. The van der Waals surface area contributed by atoms with Crippen LogP contribution in [0, 0.1) is 0 Å². The van der Waals surface area contributed by atoms with Crippen molar-refractivity contribution in [1.82, 2.24) is 15.1 Å². The summed E-state index contributed by atoms with van der Waals surface area (Å²) in [4.78, 5) is 57.8. The highest BCUT2D eigenvalue weighted by atomic mass is 32.2. The van der Waals surface area contributed by atoms with Gasteiger partial charge in [0.25, 0.3) is 11.8 Å². The Morgan fingerprint density at radius 1 is 0.927 bits per heavy atom. The minimum absolute atomic E-state index is 0.0173. The zero-order valence-electron chi connectivity index (χ0n) is 22.2. The Morgan fingerprint density at radius 2 is 1.59 bits per heavy atom. The smallest absolute Gasteiger partial charge is 0.356 e. The minimum atomic E-state index is -0.780. The second kappa shape index (κ2) is 11.9. The topological polar surface area (TPSA) is 96.0 Å². The van der Waals surface area contributed by atoms with Crippen molar-refractivity contribution in [2.75, 3.05) is 18.8 Å². The fourth-order valence-corrected chi connectivity index (χ4v) is 7.46. The van der Waals surface area contributed by atoms with Gasteiger partial charge in [0.15, 0.2) is 6.10 Å². The zero-order chi connectivity index (χ0) is 28.3. The van der Waals surface area contributed by atoms with Crippen LogP contribution >= 0.6 is 23.1 Å². The van der Waals surface area contributed by atoms with Gasteiger partial charge in [-0.25, -0.2) is 4.79 Å². The highest BCUT2D eigenvalue weighted by Gasteiger charge is 2.55. The fourth-order valence-electron chi connectivity index (χ4n) is 5.43. The van der Waals surface area contributed by atoms with Gasteiger partial charge in [-0.05, 0) is 35.4 Å². The van der Waals surface area contributed by atoms with Gasteiger partial charge in [0.1, 0.15) is 17.1 Å². The number of likely N-dealkylation sites (tertiary alicyclic amines) is 1. The van der Waals surface area contributed by atoms with Gasteiger partial charge in [-0.15, -0.1) is 23.1 Å². The Kier molecular flexibility index (Phi) is 7.93. The van der Waals surface area contributed by atoms with Crippen LogP contribution in [-0.4, -0.2) is 63.7 Å². The van der Waals surface area contributed by atoms with Crippen molar-refractivity contribution in [3.8, 4) is 0 Å². The molecule has 2 saturated heterocycles. The maximum Gasteiger partial charge on any atom is 0.356 e. The summed E-state index contributed by atoms with van der Waals surface area (Å²) in [6, 6.07) is 21.7. The third-order valence-electron chi connectivity index (χ3n) is 7.47. The molecule has 0 saturated carbocycles. The lowest BCUT2D eigenvalue weighted by molar-refractivity contribution is -0.155. The summed E-state index contributed by atoms with van der Waals surface area (Å²) in [5, 5.41) is 4.24. The number of carbonyl (C=O) groups is 4. The first kappa shape index (κ1) is 27.3. The third-order valence-corrected chi connectivity index (χ3v) is 9.63. The summed E-state index contributed by atoms with van der Waals surface area (Å²) < 4.78 is 6.14. The number of hydrogen-bond acceptors (Lipinski definition) is 7. The maximum absolute atomic E-state index is 14.0. The molecule has 3 amide bonds. The first-order chi connectivity index (χ1) is 20.0. The van der Waals surface area contributed by atoms with Crippen molar-refractivity contribution in [3.63, 3.8) is 0 Å². The predicted octanol–water partition coefficient (Wildman–Crippen LogP) is 3.90. The molecular formula is C31H29N3O5S2. The molecule has 10 heteroatoms. The van der Waals surface area contributed by atoms with Gasteiger partial charge in [-0.2, -0.15) is 0 Å². The summed E-state index contributed by atoms with van der Waals surface area (Å²) in [5.41, 5.74) is 1.80. The highest BCUT2D eigenvalue weighted by Crippen LogP contribution is 2.42. The quantitative estimate of drug-likeness (QED) is 0.317. The Hall–Kier alpha value is -3.89. The Morgan fingerprint density at radius 3 is 2.20 bits per heavy atom. The first-order valence-electron chi connectivity index (χ1n) is 13.6. The molecule has 41 heavy (non-hydrogen) atoms. The molecule has 6 rings (SSSR count). The van der Waals surface area contributed by atoms with E-state index in [9.17, 15) is 19.2 Å². The Bertz CT molecular complexity index is 1430. The van der Waals surface area contributed by atoms with Crippen LogP contribution in [0.1, 0.15) is 34.9 Å². The lowest BCUT2D eigenvalue weighted by atomic mass is 10.00. The van der Waals surface area contributed by atoms with Crippen molar-refractivity contribution in [1.29, 1.82) is 0 Å². The lowest BCUT2D eigenvalue weighted by Gasteiger charge is -2.49. The molecule has 3 aliphatic heterocycles. The maximum atomic E-state index is 14.0. The number of nitrogens with one attached hydrogen (secondary N) is 1. The van der Waals surface area contributed by atoms with Crippen LogP contribution in [0.15, 0.2) is 89.4 Å². The number of β-lactam (4-membered cyclic amide) rings is 1. The highest BCUT2D eigenvalue weighted by molar-refractivity contribution is 8.00. The summed E-state index contributed by atoms with van der Waals surface area (Å²) in [6.07, 6.45) is 1.25. The minimum Gasteiger partial charge on any atom is -0.448 e. The van der Waals surface area contributed by atoms with Gasteiger partial charge >= 0.3 is 5.97 Å². The summed E-state index contributed by atoms with van der Waals surface area (Å²) in [6.45, 7) is 1.23. The molecule has 0 bridgehead atoms. The van der Waals surface area contributed by atoms with Crippen LogP contribution in [0.2, 0.25) is 0 Å². The number of ether oxygens (including phenoxy) is 1. The van der Waals surface area contributed by atoms with E-state index in [0.717, 1.165) is 28.8 Å². The van der Waals surface area contributed by atoms with Crippen molar-refractivity contribution >= 4 is 46.8 Å². The fraction of sp³-hybridized carbons (Fsp3) is 0.290. The Balaban J connectivity index is 1.30. The second-order valence-electron chi connectivity index (χ2n) is 10.1. The van der Waals surface area contributed by atoms with Crippen molar-refractivity contribution < 1.29 is 23.9 Å². The molecule has 2 aromatic carbocycles. The summed E-state index contributed by atoms with van der Waals surface area (Å²) in [5.74, 6) is -1.41. The molecule has 1 unspecified atom stereocenters. The molecule has 3 aliphatic rings. The Labute approximate surface area is 246 Å². The van der Waals surface area contributed by atoms with E-state index in [4.69, 9.17) is 4.74 Å². The molecule has 1 aromatic heterocycles. The van der Waals surface area contributed by atoms with Gasteiger partial charge in [0, 0.05) is 23.7 Å². The van der Waals surface area contributed by atoms with E-state index < -0.39 is 29.4 Å². The van der Waals surface area contributed by atoms with Gasteiger partial charge in [0.05, 0.1) is 12.0 Å². The number of benzene rings is 2. The summed E-state index contributed by atoms with van der Waals surface area (Å²) >= 11 is 2.86. The largest absolute Gasteiger partial charge is 0.448 e. The number of nitrogens with zero attached hydrogens (tertiary/aromatic N) is 2. The molecular weight excluding hydrogens is 558 g/mol. The van der Waals surface area contributed by atoms with Crippen LogP contribution in [0.5, 0.6) is 0 Å². The predicted molar refractivity (Wildman–Crippen MR) is 157 cm³/mol. The molecule has 1 N–H and O–H groups in total. The van der Waals surface area contributed by atoms with Crippen LogP contribution in [0.4, 0.5) is 0 Å². The van der Waals surface area contributed by atoms with E-state index in [2.05, 4.69) is 5.32 Å². The number of esters is 1. The average Bonchev–Trinajstić information content (AvgIpc) is 3.73. The number of rotatable bonds is 8. The van der Waals surface area contributed by atoms with E-state index in [1.54, 1.807) is 4.90 Å². The van der Waals surface area contributed by atoms with Crippen molar-refractivity contribution in [2.45, 2.75) is 36.8 Å². The van der Waals surface area contributed by atoms with Gasteiger partial charge in [-0.1, -0.05) is 66.7 Å². The number of amides is 3. The van der Waals surface area contributed by atoms with E-state index in [-0.39, 0.29) is 35.3 Å². The van der Waals surface area contributed by atoms with Crippen molar-refractivity contribution in [2.24, 2.45) is 0 Å². The molecule has 8 nitrogen and oxygen atoms in total. The third kappa shape index (κ3) is 5.54. The van der Waals surface area contributed by atoms with Gasteiger partial charge < -0.3 is 15.0 Å². The molecule has 2 atom stereocenters. The number of thioether (sulfide) groups is 1. The second-order valence-corrected chi connectivity index (χ2v) is 12.3. The first-order valence-corrected chi connectivity index (χ1v) is 15.5. The standard InChI is InChI=1S/C31H29N3O5S2/c35-24(18-22-14-9-17-40-22)32-25-29(37)34-26(23(19-41-30(25)34)28(36)33-15-7-8-16-33)31(38)39-27(20-10-3-1-4-11-20)21-12-5-2-6-13-21/h1-6,9-14,17,25,27,30H,7-8,15-16,18-19H2,(H,32,35)/t25?,30-/m0/s1. The van der Waals surface area contributed by atoms with Crippen LogP contribution < -0.4 is 5.32 Å². The van der Waals surface area contributed by atoms with Crippen LogP contribution in [0.25, 0.3) is 0 Å². The monoisotopic (exact) mass is 587 g/mol. The van der Waals surface area contributed by atoms with Crippen LogP contribution in [-0.2, 0) is 30.3 Å². The number of carbonyl (C=O) groups excluding carboxylic acids is 4. The normalized spacial score (nSPS) is 20.1.